The zero-order valence-corrected chi connectivity index (χ0v) is 17.8. The summed E-state index contributed by atoms with van der Waals surface area (Å²) < 4.78 is 11.7. The first-order valence-electron chi connectivity index (χ1n) is 10.8. The Kier molecular flexibility index (Phi) is 5.28. The molecule has 0 fully saturated rings. The number of hydrogen-bond acceptors (Lipinski definition) is 4. The van der Waals surface area contributed by atoms with Gasteiger partial charge in [-0.1, -0.05) is 60.7 Å². The summed E-state index contributed by atoms with van der Waals surface area (Å²) >= 11 is 0. The molecule has 1 unspecified atom stereocenters. The first-order chi connectivity index (χ1) is 15.6. The van der Waals surface area contributed by atoms with Crippen molar-refractivity contribution in [3.63, 3.8) is 0 Å². The van der Waals surface area contributed by atoms with E-state index in [1.807, 2.05) is 18.2 Å². The van der Waals surface area contributed by atoms with E-state index in [1.54, 1.807) is 0 Å². The van der Waals surface area contributed by atoms with Gasteiger partial charge in [-0.25, -0.2) is 0 Å². The van der Waals surface area contributed by atoms with Gasteiger partial charge in [-0.15, -0.1) is 0 Å². The Morgan fingerprint density at radius 1 is 1.03 bits per heavy atom. The molecule has 0 spiro atoms. The predicted octanol–water partition coefficient (Wildman–Crippen LogP) is 5.01. The lowest BCUT2D eigenvalue weighted by atomic mass is 9.93. The summed E-state index contributed by atoms with van der Waals surface area (Å²) in [5.41, 5.74) is 5.63. The molecule has 1 heterocycles. The van der Waals surface area contributed by atoms with Crippen LogP contribution in [-0.4, -0.2) is 12.6 Å². The molecule has 1 aliphatic rings. The maximum Gasteiger partial charge on any atom is 0.126 e. The fraction of sp³-hybridized carbons (Fsp3) is 0.179. The number of benzene rings is 4. The van der Waals surface area contributed by atoms with Crippen LogP contribution in [0.15, 0.2) is 78.9 Å². The zero-order chi connectivity index (χ0) is 22.1. The van der Waals surface area contributed by atoms with Crippen LogP contribution in [0.2, 0.25) is 0 Å². The zero-order valence-electron chi connectivity index (χ0n) is 17.8. The molecule has 4 aromatic rings. The van der Waals surface area contributed by atoms with Crippen molar-refractivity contribution in [3.8, 4) is 22.6 Å². The SMILES string of the molecule is Cc1ccc2ccccc2c1-c1cccc(COc2ccc3c(c2)OCC3CC(=O)[O-])c1. The molecule has 4 aromatic carbocycles. The van der Waals surface area contributed by atoms with Crippen LogP contribution >= 0.6 is 0 Å². The number of carboxylic acids is 1. The molecule has 0 saturated heterocycles. The van der Waals surface area contributed by atoms with E-state index in [2.05, 4.69) is 67.6 Å². The van der Waals surface area contributed by atoms with E-state index in [0.717, 1.165) is 11.1 Å². The van der Waals surface area contributed by atoms with Crippen molar-refractivity contribution in [2.45, 2.75) is 25.9 Å². The lowest BCUT2D eigenvalue weighted by molar-refractivity contribution is -0.306. The quantitative estimate of drug-likeness (QED) is 0.437. The third-order valence-corrected chi connectivity index (χ3v) is 6.04. The minimum absolute atomic E-state index is 0.0341. The Hall–Kier alpha value is -3.79. The largest absolute Gasteiger partial charge is 0.550 e. The number of aliphatic carboxylic acids is 1. The minimum Gasteiger partial charge on any atom is -0.550 e. The Balaban J connectivity index is 1.36. The van der Waals surface area contributed by atoms with E-state index < -0.39 is 5.97 Å². The Labute approximate surface area is 187 Å². The van der Waals surface area contributed by atoms with Crippen LogP contribution in [0.1, 0.15) is 29.0 Å². The molecule has 0 aromatic heterocycles. The van der Waals surface area contributed by atoms with E-state index in [4.69, 9.17) is 9.47 Å². The van der Waals surface area contributed by atoms with Gasteiger partial charge in [0, 0.05) is 23.5 Å². The van der Waals surface area contributed by atoms with E-state index in [-0.39, 0.29) is 12.3 Å². The van der Waals surface area contributed by atoms with Crippen molar-refractivity contribution in [2.24, 2.45) is 0 Å². The van der Waals surface area contributed by atoms with Gasteiger partial charge in [0.05, 0.1) is 6.61 Å². The van der Waals surface area contributed by atoms with Gasteiger partial charge in [0.2, 0.25) is 0 Å². The predicted molar refractivity (Wildman–Crippen MR) is 123 cm³/mol. The van der Waals surface area contributed by atoms with Crippen molar-refractivity contribution in [1.29, 1.82) is 0 Å². The van der Waals surface area contributed by atoms with E-state index in [9.17, 15) is 9.90 Å². The number of rotatable bonds is 6. The summed E-state index contributed by atoms with van der Waals surface area (Å²) in [6, 6.07) is 26.8. The van der Waals surface area contributed by atoms with Gasteiger partial charge in [-0.05, 0) is 58.5 Å². The molecule has 4 heteroatoms. The second-order valence-electron chi connectivity index (χ2n) is 8.25. The number of carbonyl (C=O) groups excluding carboxylic acids is 1. The van der Waals surface area contributed by atoms with Gasteiger partial charge < -0.3 is 19.4 Å². The fourth-order valence-corrected chi connectivity index (χ4v) is 4.46. The number of fused-ring (bicyclic) bond motifs is 2. The topological polar surface area (TPSA) is 58.6 Å². The highest BCUT2D eigenvalue weighted by atomic mass is 16.5. The highest BCUT2D eigenvalue weighted by Crippen LogP contribution is 2.38. The molecule has 0 N–H and O–H groups in total. The van der Waals surface area contributed by atoms with Gasteiger partial charge in [0.25, 0.3) is 0 Å². The molecular formula is C28H23O4-. The highest BCUT2D eigenvalue weighted by Gasteiger charge is 2.24. The third-order valence-electron chi connectivity index (χ3n) is 6.04. The summed E-state index contributed by atoms with van der Waals surface area (Å²) in [6.45, 7) is 2.93. The summed E-state index contributed by atoms with van der Waals surface area (Å²) in [5.74, 6) is 0.163. The molecule has 0 bridgehead atoms. The van der Waals surface area contributed by atoms with Crippen molar-refractivity contribution < 1.29 is 19.4 Å². The van der Waals surface area contributed by atoms with E-state index in [0.29, 0.717) is 24.7 Å². The first-order valence-corrected chi connectivity index (χ1v) is 10.8. The maximum atomic E-state index is 10.9. The summed E-state index contributed by atoms with van der Waals surface area (Å²) in [4.78, 5) is 10.9. The molecule has 0 aliphatic carbocycles. The molecule has 1 atom stereocenters. The molecule has 32 heavy (non-hydrogen) atoms. The average Bonchev–Trinajstić information content (AvgIpc) is 3.19. The standard InChI is InChI=1S/C28H24O4/c1-18-9-10-20-6-2-3-8-25(20)28(18)21-7-4-5-19(13-21)16-31-23-11-12-24-22(14-27(29)30)17-32-26(24)15-23/h2-13,15,22H,14,16-17H2,1H3,(H,29,30)/p-1. The van der Waals surface area contributed by atoms with Gasteiger partial charge in [-0.3, -0.25) is 0 Å². The number of aryl methyl sites for hydroxylation is 1. The molecule has 4 nitrogen and oxygen atoms in total. The monoisotopic (exact) mass is 423 g/mol. The molecule has 0 saturated carbocycles. The Morgan fingerprint density at radius 3 is 2.78 bits per heavy atom. The van der Waals surface area contributed by atoms with Gasteiger partial charge in [-0.2, -0.15) is 0 Å². The minimum atomic E-state index is -1.06. The molecule has 0 radical (unpaired) electrons. The van der Waals surface area contributed by atoms with Gasteiger partial charge in [0.15, 0.2) is 0 Å². The van der Waals surface area contributed by atoms with Gasteiger partial charge >= 0.3 is 0 Å². The van der Waals surface area contributed by atoms with Crippen LogP contribution in [-0.2, 0) is 11.4 Å². The highest BCUT2D eigenvalue weighted by molar-refractivity contribution is 5.98. The van der Waals surface area contributed by atoms with Crippen molar-refractivity contribution in [3.05, 3.63) is 95.6 Å². The second kappa shape index (κ2) is 8.39. The van der Waals surface area contributed by atoms with Crippen LogP contribution in [0.5, 0.6) is 11.5 Å². The lowest BCUT2D eigenvalue weighted by Gasteiger charge is -2.13. The Bertz CT molecular complexity index is 1310. The number of hydrogen-bond donors (Lipinski definition) is 0. The average molecular weight is 423 g/mol. The smallest absolute Gasteiger partial charge is 0.126 e. The number of carbonyl (C=O) groups is 1. The molecule has 1 aliphatic heterocycles. The molecular weight excluding hydrogens is 400 g/mol. The molecule has 5 rings (SSSR count). The van der Waals surface area contributed by atoms with E-state index in [1.165, 1.54) is 27.5 Å². The first kappa shape index (κ1) is 20.1. The van der Waals surface area contributed by atoms with Crippen LogP contribution in [0, 0.1) is 6.92 Å². The maximum absolute atomic E-state index is 10.9. The van der Waals surface area contributed by atoms with Crippen molar-refractivity contribution in [1.82, 2.24) is 0 Å². The summed E-state index contributed by atoms with van der Waals surface area (Å²) in [5, 5.41) is 13.4. The van der Waals surface area contributed by atoms with Crippen molar-refractivity contribution >= 4 is 16.7 Å². The number of carboxylic acid groups (broad SMARTS) is 1. The van der Waals surface area contributed by atoms with E-state index >= 15 is 0 Å². The normalized spacial score (nSPS) is 14.7. The van der Waals surface area contributed by atoms with Crippen LogP contribution in [0.3, 0.4) is 0 Å². The lowest BCUT2D eigenvalue weighted by Crippen LogP contribution is -2.24. The summed E-state index contributed by atoms with van der Waals surface area (Å²) in [7, 11) is 0. The third kappa shape index (κ3) is 3.92. The van der Waals surface area contributed by atoms with Crippen LogP contribution in [0.25, 0.3) is 21.9 Å². The summed E-state index contributed by atoms with van der Waals surface area (Å²) in [6.07, 6.45) is -0.0341. The molecule has 160 valence electrons. The fourth-order valence-electron chi connectivity index (χ4n) is 4.46. The van der Waals surface area contributed by atoms with Crippen LogP contribution in [0.4, 0.5) is 0 Å². The Morgan fingerprint density at radius 2 is 1.91 bits per heavy atom. The number of ether oxygens (including phenoxy) is 2. The van der Waals surface area contributed by atoms with Gasteiger partial charge in [0.1, 0.15) is 18.1 Å². The van der Waals surface area contributed by atoms with Crippen LogP contribution < -0.4 is 14.6 Å². The van der Waals surface area contributed by atoms with Crippen molar-refractivity contribution in [2.75, 3.05) is 6.61 Å². The molecule has 0 amide bonds. The second-order valence-corrected chi connectivity index (χ2v) is 8.25.